The minimum atomic E-state index is -1.06. The summed E-state index contributed by atoms with van der Waals surface area (Å²) >= 11 is 1.46. The Morgan fingerprint density at radius 1 is 1.30 bits per heavy atom. The number of nitrogens with one attached hydrogen (secondary N) is 1. The number of urea groups is 1. The second kappa shape index (κ2) is 6.00. The number of imide groups is 1. The van der Waals surface area contributed by atoms with Gasteiger partial charge in [-0.2, -0.15) is 11.3 Å². The van der Waals surface area contributed by atoms with Gasteiger partial charge in [-0.15, -0.1) is 0 Å². The van der Waals surface area contributed by atoms with Crippen LogP contribution < -0.4 is 10.1 Å². The van der Waals surface area contributed by atoms with Gasteiger partial charge in [-0.05, 0) is 41.4 Å². The van der Waals surface area contributed by atoms with E-state index in [0.29, 0.717) is 0 Å². The van der Waals surface area contributed by atoms with E-state index in [-0.39, 0.29) is 24.8 Å². The average molecular weight is 334 g/mol. The van der Waals surface area contributed by atoms with Gasteiger partial charge in [0.25, 0.3) is 5.91 Å². The molecule has 1 atom stereocenters. The molecule has 0 radical (unpaired) electrons. The summed E-state index contributed by atoms with van der Waals surface area (Å²) in [5, 5.41) is 6.39. The van der Waals surface area contributed by atoms with Crippen molar-refractivity contribution in [3.63, 3.8) is 0 Å². The Balaban J connectivity index is 1.66. The summed E-state index contributed by atoms with van der Waals surface area (Å²) in [6, 6.07) is 7.34. The zero-order valence-electron chi connectivity index (χ0n) is 12.4. The number of thiophene rings is 1. The van der Waals surface area contributed by atoms with Crippen LogP contribution in [0.2, 0.25) is 0 Å². The molecule has 3 rings (SSSR count). The number of para-hydroxylation sites is 1. The lowest BCUT2D eigenvalue weighted by Gasteiger charge is -2.20. The lowest BCUT2D eigenvalue weighted by Crippen LogP contribution is -2.41. The molecule has 1 unspecified atom stereocenters. The van der Waals surface area contributed by atoms with Gasteiger partial charge in [-0.25, -0.2) is 9.18 Å². The molecule has 2 heterocycles. The fraction of sp³-hybridized carbons (Fsp3) is 0.250. The van der Waals surface area contributed by atoms with E-state index < -0.39 is 17.4 Å². The number of nitrogens with zero attached hydrogens (tertiary/aromatic N) is 1. The number of ether oxygens (including phenoxy) is 1. The number of halogens is 1. The van der Waals surface area contributed by atoms with Crippen LogP contribution in [0.25, 0.3) is 0 Å². The third-order valence-electron chi connectivity index (χ3n) is 3.78. The first kappa shape index (κ1) is 15.5. The fourth-order valence-electron chi connectivity index (χ4n) is 2.45. The number of hydrogen-bond donors (Lipinski definition) is 1. The number of hydrogen-bond acceptors (Lipinski definition) is 4. The fourth-order valence-corrected chi connectivity index (χ4v) is 3.22. The molecule has 7 heteroatoms. The summed E-state index contributed by atoms with van der Waals surface area (Å²) in [6.45, 7) is 1.76. The predicted molar refractivity (Wildman–Crippen MR) is 83.8 cm³/mol. The largest absolute Gasteiger partial charge is 0.489 e. The Bertz CT molecular complexity index is 735. The minimum absolute atomic E-state index is 0.0276. The van der Waals surface area contributed by atoms with Crippen LogP contribution in [0.4, 0.5) is 9.18 Å². The highest BCUT2D eigenvalue weighted by Crippen LogP contribution is 2.30. The van der Waals surface area contributed by atoms with E-state index in [0.717, 1.165) is 10.5 Å². The Labute approximate surface area is 136 Å². The van der Waals surface area contributed by atoms with Crippen LogP contribution in [-0.2, 0) is 10.3 Å². The van der Waals surface area contributed by atoms with Gasteiger partial charge in [0.1, 0.15) is 12.1 Å². The van der Waals surface area contributed by atoms with E-state index in [2.05, 4.69) is 5.32 Å². The molecule has 23 heavy (non-hydrogen) atoms. The van der Waals surface area contributed by atoms with Crippen molar-refractivity contribution in [2.45, 2.75) is 12.5 Å². The Hall–Kier alpha value is -2.41. The molecule has 1 aliphatic heterocycles. The maximum Gasteiger partial charge on any atom is 0.325 e. The molecule has 0 spiro atoms. The van der Waals surface area contributed by atoms with Gasteiger partial charge >= 0.3 is 6.03 Å². The number of rotatable bonds is 5. The Morgan fingerprint density at radius 3 is 2.78 bits per heavy atom. The van der Waals surface area contributed by atoms with Crippen molar-refractivity contribution in [1.29, 1.82) is 0 Å². The number of amides is 3. The molecular formula is C16H15FN2O3S. The van der Waals surface area contributed by atoms with Crippen LogP contribution in [0.1, 0.15) is 12.5 Å². The zero-order valence-corrected chi connectivity index (χ0v) is 13.2. The molecule has 0 bridgehead atoms. The van der Waals surface area contributed by atoms with Gasteiger partial charge in [-0.1, -0.05) is 12.1 Å². The van der Waals surface area contributed by atoms with Gasteiger partial charge < -0.3 is 10.1 Å². The topological polar surface area (TPSA) is 58.6 Å². The SMILES string of the molecule is CC1(c2ccsc2)NC(=O)N(CCOc2ccccc2F)C1=O. The molecule has 1 fully saturated rings. The van der Waals surface area contributed by atoms with Gasteiger partial charge in [0.05, 0.1) is 6.54 Å². The number of carbonyl (C=O) groups excluding carboxylic acids is 2. The van der Waals surface area contributed by atoms with Crippen LogP contribution in [0.15, 0.2) is 41.1 Å². The smallest absolute Gasteiger partial charge is 0.325 e. The average Bonchev–Trinajstić information content (AvgIpc) is 3.13. The molecule has 1 aromatic heterocycles. The molecule has 3 amide bonds. The number of benzene rings is 1. The van der Waals surface area contributed by atoms with Crippen molar-refractivity contribution in [2.75, 3.05) is 13.2 Å². The second-order valence-corrected chi connectivity index (χ2v) is 6.08. The van der Waals surface area contributed by atoms with Gasteiger partial charge in [0.15, 0.2) is 11.6 Å². The third-order valence-corrected chi connectivity index (χ3v) is 4.47. The second-order valence-electron chi connectivity index (χ2n) is 5.30. The normalized spacial score (nSPS) is 20.7. The van der Waals surface area contributed by atoms with Crippen molar-refractivity contribution < 1.29 is 18.7 Å². The molecular weight excluding hydrogens is 319 g/mol. The lowest BCUT2D eigenvalue weighted by atomic mass is 9.95. The summed E-state index contributed by atoms with van der Waals surface area (Å²) in [5.41, 5.74) is -0.312. The maximum atomic E-state index is 13.5. The van der Waals surface area contributed by atoms with E-state index in [1.165, 1.54) is 23.5 Å². The molecule has 1 aliphatic rings. The maximum absolute atomic E-state index is 13.5. The highest BCUT2D eigenvalue weighted by Gasteiger charge is 2.48. The van der Waals surface area contributed by atoms with Crippen molar-refractivity contribution in [1.82, 2.24) is 10.2 Å². The Kier molecular flexibility index (Phi) is 4.04. The van der Waals surface area contributed by atoms with E-state index in [1.54, 1.807) is 19.1 Å². The molecule has 1 saturated heterocycles. The standard InChI is InChI=1S/C16H15FN2O3S/c1-16(11-6-9-23-10-11)14(20)19(15(21)18-16)7-8-22-13-5-3-2-4-12(13)17/h2-6,9-10H,7-8H2,1H3,(H,18,21). The molecule has 2 aromatic rings. The van der Waals surface area contributed by atoms with Gasteiger partial charge in [0.2, 0.25) is 0 Å². The van der Waals surface area contributed by atoms with Crippen molar-refractivity contribution in [3.05, 3.63) is 52.5 Å². The van der Waals surface area contributed by atoms with Crippen LogP contribution in [0.3, 0.4) is 0 Å². The van der Waals surface area contributed by atoms with Gasteiger partial charge in [-0.3, -0.25) is 9.69 Å². The lowest BCUT2D eigenvalue weighted by molar-refractivity contribution is -0.131. The summed E-state index contributed by atoms with van der Waals surface area (Å²) in [4.78, 5) is 25.7. The summed E-state index contributed by atoms with van der Waals surface area (Å²) in [7, 11) is 0. The molecule has 1 N–H and O–H groups in total. The highest BCUT2D eigenvalue weighted by atomic mass is 32.1. The summed E-state index contributed by atoms with van der Waals surface area (Å²) in [6.07, 6.45) is 0. The van der Waals surface area contributed by atoms with Crippen molar-refractivity contribution in [3.8, 4) is 5.75 Å². The van der Waals surface area contributed by atoms with Crippen LogP contribution in [0, 0.1) is 5.82 Å². The minimum Gasteiger partial charge on any atom is -0.489 e. The van der Waals surface area contributed by atoms with E-state index in [9.17, 15) is 14.0 Å². The van der Waals surface area contributed by atoms with Gasteiger partial charge in [0, 0.05) is 0 Å². The molecule has 5 nitrogen and oxygen atoms in total. The quantitative estimate of drug-likeness (QED) is 0.856. The van der Waals surface area contributed by atoms with Crippen LogP contribution in [-0.4, -0.2) is 30.0 Å². The van der Waals surface area contributed by atoms with Crippen molar-refractivity contribution in [2.24, 2.45) is 0 Å². The molecule has 0 aliphatic carbocycles. The predicted octanol–water partition coefficient (Wildman–Crippen LogP) is 2.73. The van der Waals surface area contributed by atoms with Crippen molar-refractivity contribution >= 4 is 23.3 Å². The van der Waals surface area contributed by atoms with Crippen LogP contribution >= 0.6 is 11.3 Å². The van der Waals surface area contributed by atoms with E-state index in [4.69, 9.17) is 4.74 Å². The number of carbonyl (C=O) groups is 2. The molecule has 1 aromatic carbocycles. The monoisotopic (exact) mass is 334 g/mol. The Morgan fingerprint density at radius 2 is 2.09 bits per heavy atom. The first-order chi connectivity index (χ1) is 11.0. The van der Waals surface area contributed by atoms with E-state index in [1.807, 2.05) is 16.8 Å². The molecule has 120 valence electrons. The zero-order chi connectivity index (χ0) is 16.4. The first-order valence-corrected chi connectivity index (χ1v) is 8.01. The van der Waals surface area contributed by atoms with Crippen LogP contribution in [0.5, 0.6) is 5.75 Å². The summed E-state index contributed by atoms with van der Waals surface area (Å²) < 4.78 is 18.8. The highest BCUT2D eigenvalue weighted by molar-refractivity contribution is 7.08. The van der Waals surface area contributed by atoms with E-state index >= 15 is 0 Å². The third kappa shape index (κ3) is 2.79. The first-order valence-electron chi connectivity index (χ1n) is 7.06. The molecule has 0 saturated carbocycles. The summed E-state index contributed by atoms with van der Waals surface area (Å²) in [5.74, 6) is -0.717.